The van der Waals surface area contributed by atoms with Crippen molar-refractivity contribution in [3.63, 3.8) is 0 Å². The van der Waals surface area contributed by atoms with E-state index >= 15 is 0 Å². The van der Waals surface area contributed by atoms with Gasteiger partial charge < -0.3 is 0 Å². The zero-order valence-electron chi connectivity index (χ0n) is 14.2. The van der Waals surface area contributed by atoms with E-state index in [0.717, 1.165) is 36.3 Å². The molecule has 0 radical (unpaired) electrons. The number of halogens is 2. The fourth-order valence-electron chi connectivity index (χ4n) is 2.89. The highest BCUT2D eigenvalue weighted by Gasteiger charge is 2.44. The van der Waals surface area contributed by atoms with Crippen LogP contribution in [0.15, 0.2) is 53.0 Å². The fourth-order valence-corrected chi connectivity index (χ4v) is 5.40. The molecule has 0 unspecified atom stereocenters. The van der Waals surface area contributed by atoms with Gasteiger partial charge in [0.2, 0.25) is 10.0 Å². The topological polar surface area (TPSA) is 64.0 Å². The lowest BCUT2D eigenvalue weighted by molar-refractivity contribution is 0.393. The van der Waals surface area contributed by atoms with E-state index in [0.29, 0.717) is 23.5 Å². The van der Waals surface area contributed by atoms with E-state index in [1.54, 1.807) is 12.3 Å². The summed E-state index contributed by atoms with van der Waals surface area (Å²) in [5.74, 6) is -1.89. The summed E-state index contributed by atoms with van der Waals surface area (Å²) < 4.78 is 56.4. The van der Waals surface area contributed by atoms with Crippen LogP contribution in [0.5, 0.6) is 0 Å². The van der Waals surface area contributed by atoms with Crippen molar-refractivity contribution in [3.8, 4) is 10.4 Å². The van der Waals surface area contributed by atoms with E-state index in [4.69, 9.17) is 0 Å². The van der Waals surface area contributed by atoms with Crippen LogP contribution in [0.1, 0.15) is 12.8 Å². The number of nitrogens with one attached hydrogen (secondary N) is 1. The van der Waals surface area contributed by atoms with Gasteiger partial charge in [0, 0.05) is 35.8 Å². The standard InChI is InChI=1S/C18H17F2N3O2S2/c19-14-3-2-13(10-15(14)20)16-4-5-17(26-16)27(24,25)22-11-18(6-7-18)12-23-9-1-8-21-23/h1-5,8-10,22H,6-7,11-12H2. The Morgan fingerprint density at radius 1 is 1.19 bits per heavy atom. The molecule has 2 aromatic heterocycles. The van der Waals surface area contributed by atoms with Gasteiger partial charge >= 0.3 is 0 Å². The molecule has 4 rings (SSSR count). The van der Waals surface area contributed by atoms with Gasteiger partial charge in [-0.3, -0.25) is 4.68 Å². The van der Waals surface area contributed by atoms with Gasteiger partial charge in [-0.1, -0.05) is 6.07 Å². The van der Waals surface area contributed by atoms with Crippen molar-refractivity contribution < 1.29 is 17.2 Å². The highest BCUT2D eigenvalue weighted by Crippen LogP contribution is 2.46. The lowest BCUT2D eigenvalue weighted by Gasteiger charge is -2.15. The van der Waals surface area contributed by atoms with Crippen molar-refractivity contribution in [2.45, 2.75) is 23.6 Å². The number of thiophene rings is 1. The van der Waals surface area contributed by atoms with E-state index < -0.39 is 21.7 Å². The summed E-state index contributed by atoms with van der Waals surface area (Å²) >= 11 is 1.03. The fraction of sp³-hybridized carbons (Fsp3) is 0.278. The molecule has 1 saturated carbocycles. The van der Waals surface area contributed by atoms with Gasteiger partial charge in [-0.25, -0.2) is 21.9 Å². The molecule has 3 aromatic rings. The lowest BCUT2D eigenvalue weighted by Crippen LogP contribution is -2.32. The molecule has 0 amide bonds. The zero-order valence-corrected chi connectivity index (χ0v) is 15.9. The third-order valence-electron chi connectivity index (χ3n) is 4.70. The Labute approximate surface area is 159 Å². The van der Waals surface area contributed by atoms with Crippen molar-refractivity contribution in [3.05, 3.63) is 60.4 Å². The molecule has 0 atom stereocenters. The molecule has 0 spiro atoms. The monoisotopic (exact) mass is 409 g/mol. The van der Waals surface area contributed by atoms with E-state index in [2.05, 4.69) is 9.82 Å². The Morgan fingerprint density at radius 3 is 2.67 bits per heavy atom. The Hall–Kier alpha value is -2.10. The van der Waals surface area contributed by atoms with Gasteiger partial charge in [0.1, 0.15) is 4.21 Å². The number of nitrogens with zero attached hydrogens (tertiary/aromatic N) is 2. The summed E-state index contributed by atoms with van der Waals surface area (Å²) in [4.78, 5) is 0.562. The summed E-state index contributed by atoms with van der Waals surface area (Å²) in [6.07, 6.45) is 5.45. The number of aromatic nitrogens is 2. The van der Waals surface area contributed by atoms with Crippen LogP contribution in [0.4, 0.5) is 8.78 Å². The predicted molar refractivity (Wildman–Crippen MR) is 98.8 cm³/mol. The van der Waals surface area contributed by atoms with Crippen LogP contribution in [-0.4, -0.2) is 24.7 Å². The van der Waals surface area contributed by atoms with E-state index in [-0.39, 0.29) is 9.62 Å². The minimum Gasteiger partial charge on any atom is -0.272 e. The minimum absolute atomic E-state index is 0.0980. The van der Waals surface area contributed by atoms with E-state index in [1.165, 1.54) is 12.1 Å². The van der Waals surface area contributed by atoms with E-state index in [9.17, 15) is 17.2 Å². The molecule has 27 heavy (non-hydrogen) atoms. The summed E-state index contributed by atoms with van der Waals surface area (Å²) in [7, 11) is -3.67. The Morgan fingerprint density at radius 2 is 2.00 bits per heavy atom. The molecule has 1 fully saturated rings. The first kappa shape index (κ1) is 18.3. The van der Waals surface area contributed by atoms with Crippen LogP contribution in [-0.2, 0) is 16.6 Å². The van der Waals surface area contributed by atoms with E-state index in [1.807, 2.05) is 16.9 Å². The SMILES string of the molecule is O=S(=O)(NCC1(Cn2cccn2)CC1)c1ccc(-c2ccc(F)c(F)c2)s1. The number of sulfonamides is 1. The van der Waals surface area contributed by atoms with Gasteiger partial charge in [-0.15, -0.1) is 11.3 Å². The first-order valence-corrected chi connectivity index (χ1v) is 10.7. The second-order valence-corrected chi connectivity index (χ2v) is 9.85. The van der Waals surface area contributed by atoms with Gasteiger partial charge in [0.05, 0.1) is 0 Å². The van der Waals surface area contributed by atoms with Crippen LogP contribution < -0.4 is 4.72 Å². The molecule has 1 aliphatic rings. The Bertz CT molecular complexity index is 1060. The number of rotatable bonds is 7. The maximum atomic E-state index is 13.4. The summed E-state index contributed by atoms with van der Waals surface area (Å²) in [6, 6.07) is 8.44. The second kappa shape index (κ2) is 6.81. The molecule has 142 valence electrons. The van der Waals surface area contributed by atoms with Crippen LogP contribution in [0.2, 0.25) is 0 Å². The molecule has 0 saturated heterocycles. The Balaban J connectivity index is 1.46. The van der Waals surface area contributed by atoms with Crippen molar-refractivity contribution >= 4 is 21.4 Å². The normalized spacial score (nSPS) is 15.8. The van der Waals surface area contributed by atoms with Crippen molar-refractivity contribution in [1.82, 2.24) is 14.5 Å². The second-order valence-electron chi connectivity index (χ2n) is 6.78. The molecular weight excluding hydrogens is 392 g/mol. The van der Waals surface area contributed by atoms with Crippen LogP contribution in [0.3, 0.4) is 0 Å². The molecule has 9 heteroatoms. The molecule has 0 aliphatic heterocycles. The van der Waals surface area contributed by atoms with Crippen molar-refractivity contribution in [2.24, 2.45) is 5.41 Å². The summed E-state index contributed by atoms with van der Waals surface area (Å²) in [6.45, 7) is 1.01. The third-order valence-corrected chi connectivity index (χ3v) is 7.73. The smallest absolute Gasteiger partial charge is 0.250 e. The summed E-state index contributed by atoms with van der Waals surface area (Å²) in [5, 5.41) is 4.18. The van der Waals surface area contributed by atoms with Crippen molar-refractivity contribution in [2.75, 3.05) is 6.54 Å². The molecule has 5 nitrogen and oxygen atoms in total. The molecular formula is C18H17F2N3O2S2. The van der Waals surface area contributed by atoms with Crippen LogP contribution >= 0.6 is 11.3 Å². The van der Waals surface area contributed by atoms with Crippen LogP contribution in [0.25, 0.3) is 10.4 Å². The van der Waals surface area contributed by atoms with Crippen molar-refractivity contribution in [1.29, 1.82) is 0 Å². The predicted octanol–water partition coefficient (Wildman–Crippen LogP) is 3.65. The van der Waals surface area contributed by atoms with Gasteiger partial charge in [-0.2, -0.15) is 5.10 Å². The van der Waals surface area contributed by atoms with Gasteiger partial charge in [-0.05, 0) is 48.7 Å². The first-order valence-electron chi connectivity index (χ1n) is 8.39. The van der Waals surface area contributed by atoms with Gasteiger partial charge in [0.25, 0.3) is 0 Å². The minimum atomic E-state index is -3.67. The average molecular weight is 409 g/mol. The molecule has 1 N–H and O–H groups in total. The molecule has 1 aromatic carbocycles. The average Bonchev–Trinajstić information content (AvgIpc) is 3.04. The highest BCUT2D eigenvalue weighted by atomic mass is 32.2. The van der Waals surface area contributed by atoms with Crippen LogP contribution in [0, 0.1) is 17.0 Å². The highest BCUT2D eigenvalue weighted by molar-refractivity contribution is 7.91. The first-order chi connectivity index (χ1) is 12.9. The molecule has 1 aliphatic carbocycles. The van der Waals surface area contributed by atoms with Gasteiger partial charge in [0.15, 0.2) is 11.6 Å². The lowest BCUT2D eigenvalue weighted by atomic mass is 10.1. The summed E-state index contributed by atoms with van der Waals surface area (Å²) in [5.41, 5.74) is 0.344. The third kappa shape index (κ3) is 3.95. The number of hydrogen-bond acceptors (Lipinski definition) is 4. The zero-order chi connectivity index (χ0) is 19.1. The number of hydrogen-bond donors (Lipinski definition) is 1. The molecule has 0 bridgehead atoms. The maximum absolute atomic E-state index is 13.4. The largest absolute Gasteiger partial charge is 0.272 e. The molecule has 2 heterocycles. The number of benzene rings is 1. The maximum Gasteiger partial charge on any atom is 0.250 e. The Kier molecular flexibility index (Phi) is 4.61. The quantitative estimate of drug-likeness (QED) is 0.648.